The Kier molecular flexibility index (Phi) is 4.08. The second-order valence-corrected chi connectivity index (χ2v) is 5.93. The molecule has 3 amide bonds. The maximum absolute atomic E-state index is 12.1. The van der Waals surface area contributed by atoms with E-state index in [0.29, 0.717) is 11.8 Å². The Hall–Kier alpha value is -2.04. The normalized spacial score (nSPS) is 23.7. The van der Waals surface area contributed by atoms with Crippen molar-refractivity contribution < 1.29 is 9.59 Å². The van der Waals surface area contributed by atoms with Crippen molar-refractivity contribution in [2.45, 2.75) is 19.3 Å². The van der Waals surface area contributed by atoms with Crippen LogP contribution in [0.3, 0.4) is 0 Å². The second kappa shape index (κ2) is 6.16. The quantitative estimate of drug-likeness (QED) is 0.894. The molecule has 1 aliphatic heterocycles. The summed E-state index contributed by atoms with van der Waals surface area (Å²) in [5.74, 6) is 1.15. The highest BCUT2D eigenvalue weighted by Crippen LogP contribution is 2.37. The van der Waals surface area contributed by atoms with Gasteiger partial charge in [-0.3, -0.25) is 4.79 Å². The molecule has 5 heteroatoms. The van der Waals surface area contributed by atoms with Gasteiger partial charge in [-0.2, -0.15) is 0 Å². The van der Waals surface area contributed by atoms with Gasteiger partial charge in [0.2, 0.25) is 5.91 Å². The highest BCUT2D eigenvalue weighted by atomic mass is 16.2. The summed E-state index contributed by atoms with van der Waals surface area (Å²) in [5.41, 5.74) is 0.743. The van der Waals surface area contributed by atoms with Crippen LogP contribution in [0, 0.1) is 11.8 Å². The number of para-hydroxylation sites is 1. The lowest BCUT2D eigenvalue weighted by atomic mass is 10.0. The number of hydrogen-bond acceptors (Lipinski definition) is 2. The van der Waals surface area contributed by atoms with Crippen LogP contribution < -0.4 is 10.6 Å². The van der Waals surface area contributed by atoms with E-state index >= 15 is 0 Å². The van der Waals surface area contributed by atoms with Crippen molar-refractivity contribution >= 4 is 17.6 Å². The molecule has 0 spiro atoms. The molecule has 1 heterocycles. The molecule has 0 unspecified atom stereocenters. The number of likely N-dealkylation sites (tertiary alicyclic amines) is 1. The van der Waals surface area contributed by atoms with Crippen molar-refractivity contribution in [1.82, 2.24) is 10.2 Å². The first-order valence-electron chi connectivity index (χ1n) is 7.60. The van der Waals surface area contributed by atoms with Gasteiger partial charge >= 0.3 is 6.03 Å². The van der Waals surface area contributed by atoms with Gasteiger partial charge in [-0.15, -0.1) is 0 Å². The highest BCUT2D eigenvalue weighted by molar-refractivity contribution is 5.94. The average Bonchev–Trinajstić information content (AvgIpc) is 3.07. The molecule has 2 atom stereocenters. The summed E-state index contributed by atoms with van der Waals surface area (Å²) >= 11 is 0. The molecule has 21 heavy (non-hydrogen) atoms. The van der Waals surface area contributed by atoms with Crippen LogP contribution in [0.4, 0.5) is 10.5 Å². The Labute approximate surface area is 124 Å². The summed E-state index contributed by atoms with van der Waals surface area (Å²) in [6, 6.07) is 9.13. The van der Waals surface area contributed by atoms with Gasteiger partial charge in [0.1, 0.15) is 0 Å². The van der Waals surface area contributed by atoms with Crippen molar-refractivity contribution in [3.63, 3.8) is 0 Å². The van der Waals surface area contributed by atoms with Crippen LogP contribution in [0.25, 0.3) is 0 Å². The van der Waals surface area contributed by atoms with Crippen molar-refractivity contribution in [1.29, 1.82) is 0 Å². The molecule has 2 aliphatic rings. The zero-order valence-corrected chi connectivity index (χ0v) is 12.0. The van der Waals surface area contributed by atoms with Crippen LogP contribution in [0.2, 0.25) is 0 Å². The maximum Gasteiger partial charge on any atom is 0.317 e. The number of nitrogens with one attached hydrogen (secondary N) is 2. The summed E-state index contributed by atoms with van der Waals surface area (Å²) in [6.07, 6.45) is 3.77. The second-order valence-electron chi connectivity index (χ2n) is 5.93. The molecule has 1 aromatic rings. The molecule has 3 rings (SSSR count). The zero-order chi connectivity index (χ0) is 14.7. The van der Waals surface area contributed by atoms with Crippen LogP contribution in [0.1, 0.15) is 19.3 Å². The standard InChI is InChI=1S/C16H21N3O2/c20-15(18-14-7-2-1-3-8-14)9-17-16(21)19-10-12-5-4-6-13(12)11-19/h1-3,7-8,12-13H,4-6,9-11H2,(H,17,21)(H,18,20)/t12-,13+. The van der Waals surface area contributed by atoms with Gasteiger partial charge < -0.3 is 15.5 Å². The molecule has 1 saturated carbocycles. The maximum atomic E-state index is 12.1. The molecular formula is C16H21N3O2. The van der Waals surface area contributed by atoms with Crippen molar-refractivity contribution in [3.8, 4) is 0 Å². The van der Waals surface area contributed by atoms with Gasteiger partial charge in [-0.1, -0.05) is 24.6 Å². The van der Waals surface area contributed by atoms with Crippen LogP contribution in [-0.2, 0) is 4.79 Å². The minimum absolute atomic E-state index is 0.0135. The first kappa shape index (κ1) is 13.9. The van der Waals surface area contributed by atoms with Crippen LogP contribution in [-0.4, -0.2) is 36.5 Å². The molecule has 2 fully saturated rings. The Morgan fingerprint density at radius 1 is 1.10 bits per heavy atom. The monoisotopic (exact) mass is 287 g/mol. The van der Waals surface area contributed by atoms with E-state index in [1.807, 2.05) is 35.2 Å². The Balaban J connectivity index is 1.42. The zero-order valence-electron chi connectivity index (χ0n) is 12.0. The molecule has 2 N–H and O–H groups in total. The minimum Gasteiger partial charge on any atom is -0.329 e. The topological polar surface area (TPSA) is 61.4 Å². The Bertz CT molecular complexity index is 506. The fourth-order valence-corrected chi connectivity index (χ4v) is 3.40. The smallest absolute Gasteiger partial charge is 0.317 e. The molecule has 0 bridgehead atoms. The van der Waals surface area contributed by atoms with E-state index in [9.17, 15) is 9.59 Å². The molecule has 1 saturated heterocycles. The number of fused-ring (bicyclic) bond motifs is 1. The Morgan fingerprint density at radius 2 is 1.76 bits per heavy atom. The number of rotatable bonds is 3. The van der Waals surface area contributed by atoms with Gasteiger partial charge in [0, 0.05) is 18.8 Å². The van der Waals surface area contributed by atoms with Gasteiger partial charge in [0.15, 0.2) is 0 Å². The lowest BCUT2D eigenvalue weighted by Gasteiger charge is -2.17. The number of urea groups is 1. The number of carbonyl (C=O) groups excluding carboxylic acids is 2. The van der Waals surface area contributed by atoms with Crippen molar-refractivity contribution in [3.05, 3.63) is 30.3 Å². The average molecular weight is 287 g/mol. The number of nitrogens with zero attached hydrogens (tertiary/aromatic N) is 1. The predicted octanol–water partition coefficient (Wildman–Crippen LogP) is 2.07. The van der Waals surface area contributed by atoms with E-state index in [4.69, 9.17) is 0 Å². The highest BCUT2D eigenvalue weighted by Gasteiger charge is 2.37. The first-order chi connectivity index (χ1) is 10.2. The van der Waals surface area contributed by atoms with Gasteiger partial charge in [-0.05, 0) is 36.8 Å². The van der Waals surface area contributed by atoms with E-state index < -0.39 is 0 Å². The molecule has 1 aromatic carbocycles. The van der Waals surface area contributed by atoms with Gasteiger partial charge in [0.05, 0.1) is 6.54 Å². The number of benzene rings is 1. The van der Waals surface area contributed by atoms with Crippen molar-refractivity contribution in [2.24, 2.45) is 11.8 Å². The third kappa shape index (κ3) is 3.35. The number of hydrogen-bond donors (Lipinski definition) is 2. The summed E-state index contributed by atoms with van der Waals surface area (Å²) < 4.78 is 0. The Morgan fingerprint density at radius 3 is 2.43 bits per heavy atom. The van der Waals surface area contributed by atoms with E-state index in [1.54, 1.807) is 0 Å². The third-order valence-electron chi connectivity index (χ3n) is 4.47. The summed E-state index contributed by atoms with van der Waals surface area (Å²) in [7, 11) is 0. The first-order valence-corrected chi connectivity index (χ1v) is 7.60. The van der Waals surface area contributed by atoms with Gasteiger partial charge in [0.25, 0.3) is 0 Å². The van der Waals surface area contributed by atoms with E-state index in [0.717, 1.165) is 18.8 Å². The summed E-state index contributed by atoms with van der Waals surface area (Å²) in [5, 5.41) is 5.46. The molecule has 1 aliphatic carbocycles. The largest absolute Gasteiger partial charge is 0.329 e. The fourth-order valence-electron chi connectivity index (χ4n) is 3.40. The van der Waals surface area contributed by atoms with E-state index in [2.05, 4.69) is 10.6 Å². The van der Waals surface area contributed by atoms with E-state index in [-0.39, 0.29) is 18.5 Å². The molecule has 5 nitrogen and oxygen atoms in total. The number of amides is 3. The lowest BCUT2D eigenvalue weighted by molar-refractivity contribution is -0.115. The lowest BCUT2D eigenvalue weighted by Crippen LogP contribution is -2.42. The predicted molar refractivity (Wildman–Crippen MR) is 80.9 cm³/mol. The molecular weight excluding hydrogens is 266 g/mol. The van der Waals surface area contributed by atoms with Crippen LogP contribution in [0.15, 0.2) is 30.3 Å². The van der Waals surface area contributed by atoms with Crippen molar-refractivity contribution in [2.75, 3.05) is 25.0 Å². The summed E-state index contributed by atoms with van der Waals surface area (Å²) in [4.78, 5) is 25.7. The van der Waals surface area contributed by atoms with E-state index in [1.165, 1.54) is 19.3 Å². The molecule has 0 radical (unpaired) electrons. The fraction of sp³-hybridized carbons (Fsp3) is 0.500. The summed E-state index contributed by atoms with van der Waals surface area (Å²) in [6.45, 7) is 1.70. The van der Waals surface area contributed by atoms with Crippen LogP contribution >= 0.6 is 0 Å². The molecule has 112 valence electrons. The van der Waals surface area contributed by atoms with Crippen LogP contribution in [0.5, 0.6) is 0 Å². The third-order valence-corrected chi connectivity index (χ3v) is 4.47. The minimum atomic E-state index is -0.200. The van der Waals surface area contributed by atoms with Gasteiger partial charge in [-0.25, -0.2) is 4.79 Å². The SMILES string of the molecule is O=C(CNC(=O)N1C[C@H]2CCC[C@H]2C1)Nc1ccccc1. The molecule has 0 aromatic heterocycles. The number of anilines is 1. The number of carbonyl (C=O) groups is 2.